The molecule has 124 valence electrons. The van der Waals surface area contributed by atoms with Crippen LogP contribution in [0.5, 0.6) is 5.75 Å². The van der Waals surface area contributed by atoms with Gasteiger partial charge >= 0.3 is 5.97 Å². The Hall–Kier alpha value is -2.08. The molecule has 0 saturated carbocycles. The number of benzene rings is 1. The predicted molar refractivity (Wildman–Crippen MR) is 92.5 cm³/mol. The highest BCUT2D eigenvalue weighted by Gasteiger charge is 2.19. The second kappa shape index (κ2) is 7.97. The largest absolute Gasteiger partial charge is 0.478 e. The molecule has 2 N–H and O–H groups in total. The second-order valence-electron chi connectivity index (χ2n) is 5.68. The van der Waals surface area contributed by atoms with Crippen LogP contribution >= 0.6 is 11.3 Å². The number of nitrogens with two attached hydrogens (primary N) is 1. The summed E-state index contributed by atoms with van der Waals surface area (Å²) in [6.45, 7) is 6.27. The number of ether oxygens (including phenoxy) is 2. The Morgan fingerprint density at radius 2 is 2.04 bits per heavy atom. The van der Waals surface area contributed by atoms with Crippen molar-refractivity contribution in [1.82, 2.24) is 4.98 Å². The van der Waals surface area contributed by atoms with E-state index in [2.05, 4.69) is 18.8 Å². The van der Waals surface area contributed by atoms with Crippen molar-refractivity contribution in [1.29, 1.82) is 0 Å². The number of anilines is 1. The number of rotatable bonds is 7. The van der Waals surface area contributed by atoms with Crippen molar-refractivity contribution in [2.24, 2.45) is 5.92 Å². The molecule has 0 aliphatic heterocycles. The molecule has 1 heterocycles. The summed E-state index contributed by atoms with van der Waals surface area (Å²) in [5.74, 6) is 0.722. The van der Waals surface area contributed by atoms with Gasteiger partial charge in [-0.25, -0.2) is 9.78 Å². The fraction of sp³-hybridized carbons (Fsp3) is 0.412. The van der Waals surface area contributed by atoms with Crippen LogP contribution < -0.4 is 10.5 Å². The topological polar surface area (TPSA) is 74.4 Å². The van der Waals surface area contributed by atoms with Gasteiger partial charge in [-0.2, -0.15) is 0 Å². The fourth-order valence-corrected chi connectivity index (χ4v) is 2.51. The molecule has 0 amide bonds. The average molecular weight is 334 g/mol. The van der Waals surface area contributed by atoms with E-state index in [-0.39, 0.29) is 5.97 Å². The van der Waals surface area contributed by atoms with Crippen LogP contribution in [0.2, 0.25) is 0 Å². The van der Waals surface area contributed by atoms with Crippen molar-refractivity contribution in [3.05, 3.63) is 29.6 Å². The van der Waals surface area contributed by atoms with E-state index in [0.29, 0.717) is 23.4 Å². The van der Waals surface area contributed by atoms with Gasteiger partial charge in [0.1, 0.15) is 5.75 Å². The van der Waals surface area contributed by atoms with Gasteiger partial charge in [0, 0.05) is 10.9 Å². The molecule has 0 spiro atoms. The third-order valence-corrected chi connectivity index (χ3v) is 3.93. The number of para-hydroxylation sites is 1. The van der Waals surface area contributed by atoms with Gasteiger partial charge in [-0.3, -0.25) is 0 Å². The van der Waals surface area contributed by atoms with E-state index < -0.39 is 6.10 Å². The first-order chi connectivity index (χ1) is 11.0. The lowest BCUT2D eigenvalue weighted by molar-refractivity contribution is -0.151. The third kappa shape index (κ3) is 4.96. The molecule has 0 radical (unpaired) electrons. The van der Waals surface area contributed by atoms with Crippen molar-refractivity contribution in [3.63, 3.8) is 0 Å². The number of thiazole rings is 1. The zero-order chi connectivity index (χ0) is 16.8. The normalized spacial score (nSPS) is 12.2. The quantitative estimate of drug-likeness (QED) is 0.781. The molecule has 0 fully saturated rings. The van der Waals surface area contributed by atoms with Gasteiger partial charge in [-0.05, 0) is 31.4 Å². The van der Waals surface area contributed by atoms with Gasteiger partial charge < -0.3 is 15.2 Å². The molecular formula is C17H22N2O3S. The first-order valence-electron chi connectivity index (χ1n) is 7.61. The third-order valence-electron chi connectivity index (χ3n) is 3.26. The van der Waals surface area contributed by atoms with E-state index in [1.54, 1.807) is 6.92 Å². The number of nitrogens with zero attached hydrogens (tertiary/aromatic N) is 1. The molecule has 5 nitrogen and oxygen atoms in total. The number of esters is 1. The maximum Gasteiger partial charge on any atom is 0.347 e. The number of hydrogen-bond donors (Lipinski definition) is 1. The molecule has 1 unspecified atom stereocenters. The fourth-order valence-electron chi connectivity index (χ4n) is 1.94. The van der Waals surface area contributed by atoms with Gasteiger partial charge in [0.15, 0.2) is 11.2 Å². The minimum absolute atomic E-state index is 0.363. The van der Waals surface area contributed by atoms with Crippen LogP contribution in [0.3, 0.4) is 0 Å². The van der Waals surface area contributed by atoms with E-state index in [1.807, 2.05) is 29.6 Å². The Kier molecular flexibility index (Phi) is 5.98. The van der Waals surface area contributed by atoms with Crippen LogP contribution in [0.25, 0.3) is 11.3 Å². The molecule has 23 heavy (non-hydrogen) atoms. The number of carbonyl (C=O) groups excluding carboxylic acids is 1. The highest BCUT2D eigenvalue weighted by molar-refractivity contribution is 7.13. The smallest absolute Gasteiger partial charge is 0.347 e. The first-order valence-corrected chi connectivity index (χ1v) is 8.49. The molecule has 1 aromatic heterocycles. The summed E-state index contributed by atoms with van der Waals surface area (Å²) in [5, 5.41) is 2.36. The Balaban J connectivity index is 2.04. The average Bonchev–Trinajstić information content (AvgIpc) is 2.93. The summed E-state index contributed by atoms with van der Waals surface area (Å²) in [6, 6.07) is 7.44. The predicted octanol–water partition coefficient (Wildman–Crippen LogP) is 3.75. The van der Waals surface area contributed by atoms with Crippen molar-refractivity contribution in [2.75, 3.05) is 12.3 Å². The molecule has 0 saturated heterocycles. The number of aromatic nitrogens is 1. The molecule has 0 bridgehead atoms. The van der Waals surface area contributed by atoms with E-state index in [4.69, 9.17) is 15.2 Å². The Morgan fingerprint density at radius 3 is 2.70 bits per heavy atom. The molecule has 6 heteroatoms. The van der Waals surface area contributed by atoms with E-state index in [1.165, 1.54) is 11.3 Å². The lowest BCUT2D eigenvalue weighted by atomic mass is 10.1. The Bertz CT molecular complexity index is 655. The van der Waals surface area contributed by atoms with E-state index in [0.717, 1.165) is 17.7 Å². The van der Waals surface area contributed by atoms with Crippen molar-refractivity contribution >= 4 is 22.4 Å². The Labute approximate surface area is 140 Å². The lowest BCUT2D eigenvalue weighted by Gasteiger charge is -2.16. The number of carbonyl (C=O) groups is 1. The standard InChI is InChI=1S/C17H22N2O3S/c1-11(2)8-9-21-16(20)12(3)22-15-7-5-4-6-13(15)14-10-23-17(18)19-14/h4-7,10-12H,8-9H2,1-3H3,(H2,18,19). The zero-order valence-corrected chi connectivity index (χ0v) is 14.4. The molecule has 0 aliphatic carbocycles. The molecule has 1 atom stereocenters. The molecular weight excluding hydrogens is 312 g/mol. The second-order valence-corrected chi connectivity index (χ2v) is 6.57. The summed E-state index contributed by atoms with van der Waals surface area (Å²) < 4.78 is 11.0. The SMILES string of the molecule is CC(C)CCOC(=O)C(C)Oc1ccccc1-c1csc(N)n1. The van der Waals surface area contributed by atoms with Crippen LogP contribution in [0, 0.1) is 5.92 Å². The minimum atomic E-state index is -0.681. The number of hydrogen-bond acceptors (Lipinski definition) is 6. The minimum Gasteiger partial charge on any atom is -0.478 e. The van der Waals surface area contributed by atoms with Crippen molar-refractivity contribution in [2.45, 2.75) is 33.3 Å². The molecule has 0 aliphatic rings. The zero-order valence-electron chi connectivity index (χ0n) is 13.6. The van der Waals surface area contributed by atoms with Crippen LogP contribution in [0.4, 0.5) is 5.13 Å². The monoisotopic (exact) mass is 334 g/mol. The van der Waals surface area contributed by atoms with Gasteiger partial charge in [0.05, 0.1) is 12.3 Å². The van der Waals surface area contributed by atoms with Crippen molar-refractivity contribution < 1.29 is 14.3 Å². The summed E-state index contributed by atoms with van der Waals surface area (Å²) in [6.07, 6.45) is 0.159. The summed E-state index contributed by atoms with van der Waals surface area (Å²) >= 11 is 1.37. The summed E-state index contributed by atoms with van der Waals surface area (Å²) in [7, 11) is 0. The van der Waals surface area contributed by atoms with Crippen LogP contribution in [-0.4, -0.2) is 23.7 Å². The summed E-state index contributed by atoms with van der Waals surface area (Å²) in [4.78, 5) is 16.3. The maximum atomic E-state index is 12.0. The maximum absolute atomic E-state index is 12.0. The summed E-state index contributed by atoms with van der Waals surface area (Å²) in [5.41, 5.74) is 7.23. The van der Waals surface area contributed by atoms with Crippen LogP contribution in [-0.2, 0) is 9.53 Å². The van der Waals surface area contributed by atoms with Crippen LogP contribution in [0.15, 0.2) is 29.6 Å². The van der Waals surface area contributed by atoms with Gasteiger partial charge in [-0.15, -0.1) is 11.3 Å². The molecule has 2 aromatic rings. The first kappa shape index (κ1) is 17.3. The Morgan fingerprint density at radius 1 is 1.30 bits per heavy atom. The number of nitrogen functional groups attached to an aromatic ring is 1. The lowest BCUT2D eigenvalue weighted by Crippen LogP contribution is -2.26. The van der Waals surface area contributed by atoms with Crippen LogP contribution in [0.1, 0.15) is 27.2 Å². The van der Waals surface area contributed by atoms with Gasteiger partial charge in [-0.1, -0.05) is 26.0 Å². The highest BCUT2D eigenvalue weighted by atomic mass is 32.1. The van der Waals surface area contributed by atoms with E-state index in [9.17, 15) is 4.79 Å². The molecule has 1 aromatic carbocycles. The molecule has 2 rings (SSSR count). The van der Waals surface area contributed by atoms with Gasteiger partial charge in [0.2, 0.25) is 0 Å². The van der Waals surface area contributed by atoms with Gasteiger partial charge in [0.25, 0.3) is 0 Å². The highest BCUT2D eigenvalue weighted by Crippen LogP contribution is 2.31. The van der Waals surface area contributed by atoms with E-state index >= 15 is 0 Å². The van der Waals surface area contributed by atoms with Crippen molar-refractivity contribution in [3.8, 4) is 17.0 Å².